The van der Waals surface area contributed by atoms with E-state index in [2.05, 4.69) is 16.7 Å². The standard InChI is InChI=1S/C10H21N3S/c1-14-8-7-10(13-11)12-9-5-3-2-4-6-9/h9H,2-8,11H2,1H3,(H,12,13). The Hall–Kier alpha value is -0.220. The molecule has 0 aromatic heterocycles. The average molecular weight is 215 g/mol. The van der Waals surface area contributed by atoms with Gasteiger partial charge in [0, 0.05) is 12.2 Å². The molecule has 0 bridgehead atoms. The van der Waals surface area contributed by atoms with Crippen LogP contribution in [-0.4, -0.2) is 23.9 Å². The molecule has 0 atom stereocenters. The van der Waals surface area contributed by atoms with Gasteiger partial charge in [-0.2, -0.15) is 11.8 Å². The highest BCUT2D eigenvalue weighted by atomic mass is 32.2. The molecule has 0 aromatic carbocycles. The number of nitrogens with two attached hydrogens (primary N) is 1. The minimum atomic E-state index is 0.525. The van der Waals surface area contributed by atoms with Crippen molar-refractivity contribution in [2.24, 2.45) is 10.8 Å². The number of hydrazine groups is 1. The minimum Gasteiger partial charge on any atom is -0.312 e. The molecule has 3 N–H and O–H groups in total. The van der Waals surface area contributed by atoms with Crippen LogP contribution in [0.15, 0.2) is 4.99 Å². The SMILES string of the molecule is CSCCC(=NC1CCCCC1)NN. The summed E-state index contributed by atoms with van der Waals surface area (Å²) >= 11 is 1.83. The summed E-state index contributed by atoms with van der Waals surface area (Å²) in [4.78, 5) is 4.66. The Morgan fingerprint density at radius 2 is 2.14 bits per heavy atom. The smallest absolute Gasteiger partial charge is 0.111 e. The quantitative estimate of drug-likeness (QED) is 0.326. The summed E-state index contributed by atoms with van der Waals surface area (Å²) < 4.78 is 0. The van der Waals surface area contributed by atoms with Crippen molar-refractivity contribution in [3.8, 4) is 0 Å². The molecular formula is C10H21N3S. The van der Waals surface area contributed by atoms with E-state index in [-0.39, 0.29) is 0 Å². The third-order valence-corrected chi connectivity index (χ3v) is 3.24. The third kappa shape index (κ3) is 4.33. The molecular weight excluding hydrogens is 194 g/mol. The maximum atomic E-state index is 5.44. The van der Waals surface area contributed by atoms with Crippen LogP contribution in [0.1, 0.15) is 38.5 Å². The molecule has 0 unspecified atom stereocenters. The summed E-state index contributed by atoms with van der Waals surface area (Å²) in [6, 6.07) is 0.525. The van der Waals surface area contributed by atoms with Gasteiger partial charge in [0.05, 0.1) is 6.04 Å². The predicted octanol–water partition coefficient (Wildman–Crippen LogP) is 1.93. The van der Waals surface area contributed by atoms with Crippen LogP contribution in [0.25, 0.3) is 0 Å². The second kappa shape index (κ2) is 7.12. The van der Waals surface area contributed by atoms with Crippen molar-refractivity contribution in [1.82, 2.24) is 5.43 Å². The van der Waals surface area contributed by atoms with Crippen molar-refractivity contribution in [1.29, 1.82) is 0 Å². The van der Waals surface area contributed by atoms with E-state index in [4.69, 9.17) is 5.84 Å². The van der Waals surface area contributed by atoms with Crippen LogP contribution >= 0.6 is 11.8 Å². The van der Waals surface area contributed by atoms with Gasteiger partial charge < -0.3 is 5.43 Å². The fourth-order valence-corrected chi connectivity index (χ4v) is 2.20. The Bertz CT molecular complexity index is 176. The fraction of sp³-hybridized carbons (Fsp3) is 0.900. The zero-order valence-corrected chi connectivity index (χ0v) is 9.78. The first-order chi connectivity index (χ1) is 6.86. The largest absolute Gasteiger partial charge is 0.312 e. The van der Waals surface area contributed by atoms with E-state index in [1.54, 1.807) is 0 Å². The van der Waals surface area contributed by atoms with Crippen molar-refractivity contribution >= 4 is 17.6 Å². The molecule has 0 aliphatic heterocycles. The average Bonchev–Trinajstić information content (AvgIpc) is 2.25. The number of rotatable bonds is 4. The monoisotopic (exact) mass is 215 g/mol. The highest BCUT2D eigenvalue weighted by molar-refractivity contribution is 7.98. The van der Waals surface area contributed by atoms with Crippen LogP contribution in [0, 0.1) is 0 Å². The molecule has 4 heteroatoms. The van der Waals surface area contributed by atoms with Crippen molar-refractivity contribution in [2.75, 3.05) is 12.0 Å². The lowest BCUT2D eigenvalue weighted by atomic mass is 9.96. The number of hydrogen-bond acceptors (Lipinski definition) is 3. The van der Waals surface area contributed by atoms with Gasteiger partial charge in [-0.05, 0) is 19.1 Å². The van der Waals surface area contributed by atoms with Crippen LogP contribution in [-0.2, 0) is 0 Å². The topological polar surface area (TPSA) is 50.4 Å². The van der Waals surface area contributed by atoms with E-state index < -0.39 is 0 Å². The molecule has 82 valence electrons. The van der Waals surface area contributed by atoms with E-state index in [9.17, 15) is 0 Å². The number of nitrogens with zero attached hydrogens (tertiary/aromatic N) is 1. The summed E-state index contributed by atoms with van der Waals surface area (Å²) in [5.41, 5.74) is 2.72. The van der Waals surface area contributed by atoms with Crippen LogP contribution in [0.2, 0.25) is 0 Å². The number of amidine groups is 1. The molecule has 0 radical (unpaired) electrons. The Kier molecular flexibility index (Phi) is 6.03. The Morgan fingerprint density at radius 3 is 2.71 bits per heavy atom. The number of hydrogen-bond donors (Lipinski definition) is 2. The zero-order chi connectivity index (χ0) is 10.2. The lowest BCUT2D eigenvalue weighted by Crippen LogP contribution is -2.32. The van der Waals surface area contributed by atoms with Crippen LogP contribution in [0.3, 0.4) is 0 Å². The summed E-state index contributed by atoms with van der Waals surface area (Å²) in [6.07, 6.45) is 9.59. The summed E-state index contributed by atoms with van der Waals surface area (Å²) in [7, 11) is 0. The van der Waals surface area contributed by atoms with Gasteiger partial charge in [0.25, 0.3) is 0 Å². The molecule has 1 aliphatic carbocycles. The molecule has 3 nitrogen and oxygen atoms in total. The maximum absolute atomic E-state index is 5.44. The highest BCUT2D eigenvalue weighted by Crippen LogP contribution is 2.20. The van der Waals surface area contributed by atoms with Crippen molar-refractivity contribution < 1.29 is 0 Å². The van der Waals surface area contributed by atoms with E-state index >= 15 is 0 Å². The lowest BCUT2D eigenvalue weighted by Gasteiger charge is -2.19. The molecule has 1 rings (SSSR count). The van der Waals surface area contributed by atoms with E-state index in [1.165, 1.54) is 32.1 Å². The Balaban J connectivity index is 2.35. The van der Waals surface area contributed by atoms with Gasteiger partial charge >= 0.3 is 0 Å². The van der Waals surface area contributed by atoms with Gasteiger partial charge in [0.1, 0.15) is 5.84 Å². The molecule has 1 saturated carbocycles. The first kappa shape index (κ1) is 11.9. The molecule has 0 saturated heterocycles. The summed E-state index contributed by atoms with van der Waals surface area (Å²) in [5.74, 6) is 7.51. The molecule has 0 spiro atoms. The second-order valence-corrected chi connectivity index (χ2v) is 4.74. The molecule has 0 heterocycles. The maximum Gasteiger partial charge on any atom is 0.111 e. The molecule has 0 amide bonds. The lowest BCUT2D eigenvalue weighted by molar-refractivity contribution is 0.442. The van der Waals surface area contributed by atoms with Gasteiger partial charge in [0.2, 0.25) is 0 Å². The van der Waals surface area contributed by atoms with Crippen molar-refractivity contribution in [2.45, 2.75) is 44.6 Å². The molecule has 1 fully saturated rings. The van der Waals surface area contributed by atoms with Gasteiger partial charge in [-0.1, -0.05) is 19.3 Å². The summed E-state index contributed by atoms with van der Waals surface area (Å²) in [6.45, 7) is 0. The predicted molar refractivity (Wildman–Crippen MR) is 64.6 cm³/mol. The van der Waals surface area contributed by atoms with Gasteiger partial charge in [0.15, 0.2) is 0 Å². The van der Waals surface area contributed by atoms with Crippen molar-refractivity contribution in [3.05, 3.63) is 0 Å². The van der Waals surface area contributed by atoms with Crippen molar-refractivity contribution in [3.63, 3.8) is 0 Å². The Labute approximate surface area is 90.9 Å². The number of thioether (sulfide) groups is 1. The van der Waals surface area contributed by atoms with Crippen LogP contribution < -0.4 is 11.3 Å². The van der Waals surface area contributed by atoms with E-state index in [0.29, 0.717) is 6.04 Å². The normalized spacial score (nSPS) is 19.7. The first-order valence-corrected chi connectivity index (χ1v) is 6.78. The molecule has 1 aliphatic rings. The van der Waals surface area contributed by atoms with Gasteiger partial charge in [-0.15, -0.1) is 0 Å². The minimum absolute atomic E-state index is 0.525. The number of nitrogens with one attached hydrogen (secondary N) is 1. The third-order valence-electron chi connectivity index (χ3n) is 2.62. The Morgan fingerprint density at radius 1 is 1.43 bits per heavy atom. The fourth-order valence-electron chi connectivity index (χ4n) is 1.80. The van der Waals surface area contributed by atoms with Crippen LogP contribution in [0.5, 0.6) is 0 Å². The van der Waals surface area contributed by atoms with Gasteiger partial charge in [-0.3, -0.25) is 4.99 Å². The van der Waals surface area contributed by atoms with E-state index in [0.717, 1.165) is 18.0 Å². The van der Waals surface area contributed by atoms with E-state index in [1.807, 2.05) is 11.8 Å². The highest BCUT2D eigenvalue weighted by Gasteiger charge is 2.12. The molecule has 0 aromatic rings. The second-order valence-electron chi connectivity index (χ2n) is 3.75. The van der Waals surface area contributed by atoms with Gasteiger partial charge in [-0.25, -0.2) is 5.84 Å². The first-order valence-electron chi connectivity index (χ1n) is 5.39. The number of aliphatic imine (C=N–C) groups is 1. The summed E-state index contributed by atoms with van der Waals surface area (Å²) in [5, 5.41) is 0. The molecule has 14 heavy (non-hydrogen) atoms. The zero-order valence-electron chi connectivity index (χ0n) is 8.96. The van der Waals surface area contributed by atoms with Crippen LogP contribution in [0.4, 0.5) is 0 Å².